The minimum atomic E-state index is -0.535. The van der Waals surface area contributed by atoms with Gasteiger partial charge in [0.1, 0.15) is 11.8 Å². The number of carbonyl (C=O) groups excluding carboxylic acids is 3. The van der Waals surface area contributed by atoms with Gasteiger partial charge in [-0.3, -0.25) is 29.6 Å². The number of piperidine rings is 2. The fourth-order valence-corrected chi connectivity index (χ4v) is 9.38. The van der Waals surface area contributed by atoms with Crippen LogP contribution in [0.25, 0.3) is 11.1 Å². The van der Waals surface area contributed by atoms with Crippen LogP contribution in [0, 0.1) is 17.8 Å². The molecule has 8 rings (SSSR count). The van der Waals surface area contributed by atoms with Crippen molar-refractivity contribution in [2.45, 2.75) is 51.5 Å². The first-order chi connectivity index (χ1) is 26.3. The predicted molar refractivity (Wildman–Crippen MR) is 212 cm³/mol. The summed E-state index contributed by atoms with van der Waals surface area (Å²) in [6.45, 7) is 10.5. The normalized spacial score (nSPS) is 24.6. The van der Waals surface area contributed by atoms with Gasteiger partial charge in [0.2, 0.25) is 17.7 Å². The van der Waals surface area contributed by atoms with Crippen LogP contribution in [0.1, 0.15) is 62.1 Å². The van der Waals surface area contributed by atoms with Gasteiger partial charge in [-0.1, -0.05) is 61.5 Å². The van der Waals surface area contributed by atoms with Gasteiger partial charge in [0.25, 0.3) is 0 Å². The third-order valence-corrected chi connectivity index (χ3v) is 12.4. The van der Waals surface area contributed by atoms with E-state index < -0.39 is 6.04 Å². The van der Waals surface area contributed by atoms with E-state index in [1.165, 1.54) is 40.8 Å². The van der Waals surface area contributed by atoms with Gasteiger partial charge in [0.15, 0.2) is 0 Å². The number of amidine groups is 1. The van der Waals surface area contributed by atoms with E-state index >= 15 is 0 Å². The van der Waals surface area contributed by atoms with Crippen LogP contribution in [-0.4, -0.2) is 108 Å². The van der Waals surface area contributed by atoms with Crippen molar-refractivity contribution in [3.05, 3.63) is 95.6 Å². The molecule has 0 bridgehead atoms. The molecule has 3 aromatic carbocycles. The summed E-state index contributed by atoms with van der Waals surface area (Å²) < 4.78 is 0. The number of anilines is 1. The molecule has 3 unspecified atom stereocenters. The number of phenolic OH excluding ortho intramolecular Hbond substituents is 1. The number of imide groups is 1. The minimum absolute atomic E-state index is 0.0199. The van der Waals surface area contributed by atoms with Gasteiger partial charge in [-0.2, -0.15) is 0 Å². The zero-order valence-electron chi connectivity index (χ0n) is 31.3. The fourth-order valence-electron chi connectivity index (χ4n) is 9.38. The number of piperazine rings is 1. The second-order valence-corrected chi connectivity index (χ2v) is 15.7. The molecule has 2 N–H and O–H groups in total. The number of hydrogen-bond acceptors (Lipinski definition) is 8. The van der Waals surface area contributed by atoms with Crippen molar-refractivity contribution in [2.24, 2.45) is 22.7 Å². The Morgan fingerprint density at radius 1 is 0.796 bits per heavy atom. The first-order valence-corrected chi connectivity index (χ1v) is 19.9. The summed E-state index contributed by atoms with van der Waals surface area (Å²) in [5.74, 6) is 1.52. The number of nitrogens with zero attached hydrogens (tertiary/aromatic N) is 5. The number of aromatic hydroxyl groups is 1. The molecule has 3 amide bonds. The van der Waals surface area contributed by atoms with Crippen LogP contribution in [0.15, 0.2) is 83.9 Å². The zero-order chi connectivity index (χ0) is 37.2. The Balaban J connectivity index is 0.829. The number of phenols is 1. The van der Waals surface area contributed by atoms with Crippen molar-refractivity contribution >= 4 is 40.4 Å². The van der Waals surface area contributed by atoms with Crippen LogP contribution in [0.2, 0.25) is 0 Å². The van der Waals surface area contributed by atoms with E-state index in [-0.39, 0.29) is 41.7 Å². The monoisotopic (exact) mass is 728 g/mol. The first-order valence-electron chi connectivity index (χ1n) is 19.9. The lowest BCUT2D eigenvalue weighted by molar-refractivity contribution is -0.144. The highest BCUT2D eigenvalue weighted by Crippen LogP contribution is 2.37. The van der Waals surface area contributed by atoms with Gasteiger partial charge in [0.05, 0.1) is 18.3 Å². The molecule has 3 aromatic rings. The van der Waals surface area contributed by atoms with E-state index in [9.17, 15) is 19.5 Å². The Hall–Kier alpha value is -4.96. The number of carbonyl (C=O) groups is 3. The van der Waals surface area contributed by atoms with Crippen LogP contribution in [0.5, 0.6) is 5.75 Å². The number of allylic oxidation sites excluding steroid dienone is 1. The van der Waals surface area contributed by atoms with Crippen LogP contribution < -0.4 is 10.2 Å². The molecule has 5 aliphatic heterocycles. The minimum Gasteiger partial charge on any atom is -0.508 e. The number of amides is 3. The Morgan fingerprint density at radius 2 is 1.48 bits per heavy atom. The second-order valence-electron chi connectivity index (χ2n) is 15.7. The summed E-state index contributed by atoms with van der Waals surface area (Å²) in [4.78, 5) is 51.5. The maximum atomic E-state index is 13.2. The third kappa shape index (κ3) is 7.53. The smallest absolute Gasteiger partial charge is 0.249 e. The summed E-state index contributed by atoms with van der Waals surface area (Å²) in [6, 6.07) is 26.7. The number of hydrogen-bond donors (Lipinski definition) is 2. The molecule has 0 aliphatic carbocycles. The maximum absolute atomic E-state index is 13.2. The molecule has 5 heterocycles. The van der Waals surface area contributed by atoms with E-state index in [0.717, 1.165) is 70.1 Å². The standard InChI is InChI=1S/C44H52N6O4/c1-2-37(31-6-4-3-5-7-31)42(33-10-14-36(51)15-11-33)32-8-12-35(13-9-32)48-20-18-30(19-21-48)28-47-22-24-49(25-23-47)40-26-34-29-50(44(54)38(34)27-45-40)39-16-17-41(52)46-43(39)53/h3-15,30,34,38-39,51H,2,16-29H2,1H3,(H,46,52,53)/b42-37+. The van der Waals surface area contributed by atoms with Crippen molar-refractivity contribution in [3.8, 4) is 5.75 Å². The van der Waals surface area contributed by atoms with Crippen molar-refractivity contribution in [3.63, 3.8) is 0 Å². The molecule has 10 heteroatoms. The lowest BCUT2D eigenvalue weighted by Gasteiger charge is -2.41. The molecule has 3 atom stereocenters. The third-order valence-electron chi connectivity index (χ3n) is 12.4. The van der Waals surface area contributed by atoms with Gasteiger partial charge < -0.3 is 19.8 Å². The number of fused-ring (bicyclic) bond motifs is 1. The molecule has 0 radical (unpaired) electrons. The fraction of sp³-hybridized carbons (Fsp3) is 0.455. The molecule has 4 fully saturated rings. The topological polar surface area (TPSA) is 109 Å². The lowest BCUT2D eigenvalue weighted by atomic mass is 9.88. The Kier molecular flexibility index (Phi) is 10.5. The van der Waals surface area contributed by atoms with Crippen molar-refractivity contribution < 1.29 is 19.5 Å². The van der Waals surface area contributed by atoms with Crippen LogP contribution >= 0.6 is 0 Å². The van der Waals surface area contributed by atoms with E-state index in [1.807, 2.05) is 12.1 Å². The predicted octanol–water partition coefficient (Wildman–Crippen LogP) is 5.28. The van der Waals surface area contributed by atoms with Gasteiger partial charge in [-0.05, 0) is 89.6 Å². The van der Waals surface area contributed by atoms with E-state index in [2.05, 4.69) is 81.5 Å². The largest absolute Gasteiger partial charge is 0.508 e. The summed E-state index contributed by atoms with van der Waals surface area (Å²) in [5.41, 5.74) is 7.28. The summed E-state index contributed by atoms with van der Waals surface area (Å²) in [7, 11) is 0. The SMILES string of the molecule is CC/C(=C(\c1ccc(O)cc1)c1ccc(N2CCC(CN3CCN(C4=NCC5C(=O)N(C6CCC(=O)NC6=O)CC5C4)CC3)CC2)cc1)c1ccccc1. The molecule has 282 valence electrons. The van der Waals surface area contributed by atoms with Crippen molar-refractivity contribution in [1.29, 1.82) is 0 Å². The summed E-state index contributed by atoms with van der Waals surface area (Å²) in [5, 5.41) is 12.4. The summed E-state index contributed by atoms with van der Waals surface area (Å²) >= 11 is 0. The molecule has 54 heavy (non-hydrogen) atoms. The molecular weight excluding hydrogens is 677 g/mol. The molecule has 0 saturated carbocycles. The molecule has 5 aliphatic rings. The number of aliphatic imine (C=N–C) groups is 1. The summed E-state index contributed by atoms with van der Waals surface area (Å²) in [6.07, 6.45) is 4.74. The van der Waals surface area contributed by atoms with Crippen molar-refractivity contribution in [1.82, 2.24) is 20.0 Å². The molecule has 0 aromatic heterocycles. The van der Waals surface area contributed by atoms with E-state index in [1.54, 1.807) is 17.0 Å². The van der Waals surface area contributed by atoms with Crippen molar-refractivity contribution in [2.75, 3.05) is 63.8 Å². The van der Waals surface area contributed by atoms with Crippen LogP contribution in [-0.2, 0) is 14.4 Å². The Bertz CT molecular complexity index is 1890. The lowest BCUT2D eigenvalue weighted by Crippen LogP contribution is -2.53. The number of rotatable bonds is 8. The van der Waals surface area contributed by atoms with Gasteiger partial charge >= 0.3 is 0 Å². The zero-order valence-corrected chi connectivity index (χ0v) is 31.3. The average Bonchev–Trinajstić information content (AvgIpc) is 3.53. The molecule has 4 saturated heterocycles. The first kappa shape index (κ1) is 36.0. The Morgan fingerprint density at radius 3 is 2.15 bits per heavy atom. The highest BCUT2D eigenvalue weighted by atomic mass is 16.3. The van der Waals surface area contributed by atoms with Crippen LogP contribution in [0.4, 0.5) is 5.69 Å². The highest BCUT2D eigenvalue weighted by Gasteiger charge is 2.48. The molecule has 0 spiro atoms. The molecular formula is C44H52N6O4. The van der Waals surface area contributed by atoms with Crippen LogP contribution in [0.3, 0.4) is 0 Å². The van der Waals surface area contributed by atoms with Gasteiger partial charge in [-0.25, -0.2) is 0 Å². The van der Waals surface area contributed by atoms with Gasteiger partial charge in [-0.15, -0.1) is 0 Å². The van der Waals surface area contributed by atoms with E-state index in [0.29, 0.717) is 25.4 Å². The second kappa shape index (κ2) is 15.8. The number of benzene rings is 3. The number of likely N-dealkylation sites (tertiary alicyclic amines) is 1. The maximum Gasteiger partial charge on any atom is 0.249 e. The van der Waals surface area contributed by atoms with E-state index in [4.69, 9.17) is 4.99 Å². The van der Waals surface area contributed by atoms with Gasteiger partial charge in [0, 0.05) is 70.9 Å². The molecule has 10 nitrogen and oxygen atoms in total. The quantitative estimate of drug-likeness (QED) is 0.240. The highest BCUT2D eigenvalue weighted by molar-refractivity contribution is 6.02. The number of nitrogens with one attached hydrogen (secondary N) is 1. The average molecular weight is 729 g/mol. The Labute approximate surface area is 318 Å².